The van der Waals surface area contributed by atoms with Crippen LogP contribution < -0.4 is 5.32 Å². The van der Waals surface area contributed by atoms with Gasteiger partial charge in [-0.25, -0.2) is 0 Å². The summed E-state index contributed by atoms with van der Waals surface area (Å²) in [6.07, 6.45) is 1.65. The summed E-state index contributed by atoms with van der Waals surface area (Å²) in [5.74, 6) is -0.402. The molecule has 3 aromatic rings. The molecule has 4 heteroatoms. The molecule has 0 aliphatic heterocycles. The Morgan fingerprint density at radius 1 is 1.04 bits per heavy atom. The molecule has 1 aromatic heterocycles. The van der Waals surface area contributed by atoms with Crippen LogP contribution in [-0.2, 0) is 4.79 Å². The Morgan fingerprint density at radius 2 is 1.75 bits per heavy atom. The molecule has 0 saturated carbocycles. The summed E-state index contributed by atoms with van der Waals surface area (Å²) < 4.78 is 2.11. The van der Waals surface area contributed by atoms with Gasteiger partial charge in [0.2, 0.25) is 0 Å². The normalized spacial score (nSPS) is 11.2. The molecule has 1 heterocycles. The molecule has 4 nitrogen and oxygen atoms in total. The lowest BCUT2D eigenvalue weighted by molar-refractivity contribution is -0.112. The van der Waals surface area contributed by atoms with Crippen LogP contribution in [0.25, 0.3) is 11.8 Å². The molecule has 0 aliphatic rings. The quantitative estimate of drug-likeness (QED) is 0.504. The van der Waals surface area contributed by atoms with E-state index in [0.717, 1.165) is 39.5 Å². The first-order valence-electron chi connectivity index (χ1n) is 9.16. The maximum absolute atomic E-state index is 12.7. The average molecular weight is 369 g/mol. The number of nitrogens with zero attached hydrogens (tertiary/aromatic N) is 2. The Balaban J connectivity index is 1.94. The van der Waals surface area contributed by atoms with E-state index in [1.165, 1.54) is 0 Å². The van der Waals surface area contributed by atoms with E-state index in [-0.39, 0.29) is 5.57 Å². The number of para-hydroxylation sites is 1. The molecule has 0 spiro atoms. The topological polar surface area (TPSA) is 57.8 Å². The Labute approximate surface area is 165 Å². The number of aryl methyl sites for hydroxylation is 2. The van der Waals surface area contributed by atoms with Gasteiger partial charge in [-0.05, 0) is 74.7 Å². The molecule has 0 unspecified atom stereocenters. The summed E-state index contributed by atoms with van der Waals surface area (Å²) in [5.41, 5.74) is 6.82. The first kappa shape index (κ1) is 19.2. The first-order chi connectivity index (χ1) is 13.4. The summed E-state index contributed by atoms with van der Waals surface area (Å²) in [4.78, 5) is 12.7. The second-order valence-electron chi connectivity index (χ2n) is 6.87. The van der Waals surface area contributed by atoms with Crippen LogP contribution in [0.15, 0.2) is 60.2 Å². The number of benzene rings is 2. The molecule has 0 radical (unpaired) electrons. The third-order valence-electron chi connectivity index (χ3n) is 5.00. The van der Waals surface area contributed by atoms with E-state index in [0.29, 0.717) is 0 Å². The Hall–Kier alpha value is -3.58. The lowest BCUT2D eigenvalue weighted by atomic mass is 10.1. The van der Waals surface area contributed by atoms with Crippen molar-refractivity contribution in [1.82, 2.24) is 4.57 Å². The van der Waals surface area contributed by atoms with Crippen LogP contribution in [0.3, 0.4) is 0 Å². The summed E-state index contributed by atoms with van der Waals surface area (Å²) in [7, 11) is 0. The van der Waals surface area contributed by atoms with Crippen molar-refractivity contribution in [1.29, 1.82) is 5.26 Å². The van der Waals surface area contributed by atoms with E-state index in [9.17, 15) is 10.1 Å². The minimum absolute atomic E-state index is 0.0780. The maximum atomic E-state index is 12.7. The van der Waals surface area contributed by atoms with Crippen LogP contribution in [-0.4, -0.2) is 10.5 Å². The zero-order valence-corrected chi connectivity index (χ0v) is 16.6. The molecule has 0 bridgehead atoms. The molecule has 28 heavy (non-hydrogen) atoms. The zero-order valence-electron chi connectivity index (χ0n) is 16.6. The van der Waals surface area contributed by atoms with E-state index in [1.54, 1.807) is 6.08 Å². The van der Waals surface area contributed by atoms with Crippen molar-refractivity contribution in [2.45, 2.75) is 27.7 Å². The SMILES string of the molecule is Cc1cccc(NC(=O)/C(C#N)=C\c2cc(C)n(-c3ccccc3)c2C)c1C. The van der Waals surface area contributed by atoms with Crippen molar-refractivity contribution in [3.63, 3.8) is 0 Å². The van der Waals surface area contributed by atoms with Crippen molar-refractivity contribution in [2.75, 3.05) is 5.32 Å². The second kappa shape index (κ2) is 7.98. The minimum Gasteiger partial charge on any atom is -0.321 e. The molecule has 1 amide bonds. The van der Waals surface area contributed by atoms with E-state index >= 15 is 0 Å². The third kappa shape index (κ3) is 3.74. The molecule has 2 aromatic carbocycles. The van der Waals surface area contributed by atoms with Crippen LogP contribution >= 0.6 is 0 Å². The number of hydrogen-bond donors (Lipinski definition) is 1. The van der Waals surface area contributed by atoms with E-state index in [4.69, 9.17) is 0 Å². The van der Waals surface area contributed by atoms with Crippen LogP contribution in [0, 0.1) is 39.0 Å². The predicted octanol–water partition coefficient (Wildman–Crippen LogP) is 5.26. The van der Waals surface area contributed by atoms with Gasteiger partial charge in [0.1, 0.15) is 11.6 Å². The second-order valence-corrected chi connectivity index (χ2v) is 6.87. The number of rotatable bonds is 4. The van der Waals surface area contributed by atoms with Crippen molar-refractivity contribution >= 4 is 17.7 Å². The smallest absolute Gasteiger partial charge is 0.266 e. The fourth-order valence-corrected chi connectivity index (χ4v) is 3.29. The molecule has 0 aliphatic carbocycles. The highest BCUT2D eigenvalue weighted by molar-refractivity contribution is 6.10. The van der Waals surface area contributed by atoms with E-state index < -0.39 is 5.91 Å². The molecule has 3 rings (SSSR count). The van der Waals surface area contributed by atoms with Gasteiger partial charge in [0, 0.05) is 22.8 Å². The number of hydrogen-bond acceptors (Lipinski definition) is 2. The third-order valence-corrected chi connectivity index (χ3v) is 5.00. The number of aromatic nitrogens is 1. The van der Waals surface area contributed by atoms with E-state index in [1.807, 2.05) is 88.4 Å². The van der Waals surface area contributed by atoms with Gasteiger partial charge < -0.3 is 9.88 Å². The number of nitrogens with one attached hydrogen (secondary N) is 1. The number of nitriles is 1. The van der Waals surface area contributed by atoms with Gasteiger partial charge in [0.25, 0.3) is 5.91 Å². The van der Waals surface area contributed by atoms with Crippen molar-refractivity contribution in [3.05, 3.63) is 88.2 Å². The monoisotopic (exact) mass is 369 g/mol. The highest BCUT2D eigenvalue weighted by Gasteiger charge is 2.14. The molecule has 0 saturated heterocycles. The highest BCUT2D eigenvalue weighted by Crippen LogP contribution is 2.24. The average Bonchev–Trinajstić information content (AvgIpc) is 2.97. The van der Waals surface area contributed by atoms with Gasteiger partial charge in [-0.15, -0.1) is 0 Å². The number of carbonyl (C=O) groups is 1. The largest absolute Gasteiger partial charge is 0.321 e. The van der Waals surface area contributed by atoms with Gasteiger partial charge >= 0.3 is 0 Å². The van der Waals surface area contributed by atoms with Gasteiger partial charge in [-0.2, -0.15) is 5.26 Å². The number of anilines is 1. The fourth-order valence-electron chi connectivity index (χ4n) is 3.29. The van der Waals surface area contributed by atoms with Gasteiger partial charge in [0.15, 0.2) is 0 Å². The summed E-state index contributed by atoms with van der Waals surface area (Å²) >= 11 is 0. The Morgan fingerprint density at radius 3 is 2.43 bits per heavy atom. The lowest BCUT2D eigenvalue weighted by Crippen LogP contribution is -2.14. The number of amides is 1. The van der Waals surface area contributed by atoms with Gasteiger partial charge in [-0.1, -0.05) is 30.3 Å². The molecule has 0 atom stereocenters. The summed E-state index contributed by atoms with van der Waals surface area (Å²) in [5, 5.41) is 12.4. The molecule has 140 valence electrons. The maximum Gasteiger partial charge on any atom is 0.266 e. The van der Waals surface area contributed by atoms with Crippen LogP contribution in [0.4, 0.5) is 5.69 Å². The Bertz CT molecular complexity index is 1100. The van der Waals surface area contributed by atoms with Crippen LogP contribution in [0.2, 0.25) is 0 Å². The standard InChI is InChI=1S/C24H23N3O/c1-16-9-8-12-23(18(16)3)26-24(28)21(15-25)14-20-13-17(2)27(19(20)4)22-10-6-5-7-11-22/h5-14H,1-4H3,(H,26,28)/b21-14-. The molecular weight excluding hydrogens is 346 g/mol. The van der Waals surface area contributed by atoms with Crippen LogP contribution in [0.5, 0.6) is 0 Å². The fraction of sp³-hybridized carbons (Fsp3) is 0.167. The van der Waals surface area contributed by atoms with Crippen LogP contribution in [0.1, 0.15) is 28.1 Å². The van der Waals surface area contributed by atoms with E-state index in [2.05, 4.69) is 9.88 Å². The Kier molecular flexibility index (Phi) is 5.47. The molecule has 0 fully saturated rings. The van der Waals surface area contributed by atoms with Crippen molar-refractivity contribution in [2.24, 2.45) is 0 Å². The summed E-state index contributed by atoms with van der Waals surface area (Å²) in [6.45, 7) is 7.95. The van der Waals surface area contributed by atoms with Gasteiger partial charge in [0.05, 0.1) is 0 Å². The number of carbonyl (C=O) groups excluding carboxylic acids is 1. The zero-order chi connectivity index (χ0) is 20.3. The minimum atomic E-state index is -0.402. The highest BCUT2D eigenvalue weighted by atomic mass is 16.1. The first-order valence-corrected chi connectivity index (χ1v) is 9.16. The molecular formula is C24H23N3O. The molecule has 1 N–H and O–H groups in total. The predicted molar refractivity (Wildman–Crippen MR) is 113 cm³/mol. The van der Waals surface area contributed by atoms with Crippen molar-refractivity contribution < 1.29 is 4.79 Å². The van der Waals surface area contributed by atoms with Gasteiger partial charge in [-0.3, -0.25) is 4.79 Å². The summed E-state index contributed by atoms with van der Waals surface area (Å²) in [6, 6.07) is 19.8. The van der Waals surface area contributed by atoms with Crippen molar-refractivity contribution in [3.8, 4) is 11.8 Å². The lowest BCUT2D eigenvalue weighted by Gasteiger charge is -2.10.